The molecule has 0 aromatic heterocycles. The number of hydrogen-bond donors (Lipinski definition) is 4. The Bertz CT molecular complexity index is 536. The summed E-state index contributed by atoms with van der Waals surface area (Å²) in [7, 11) is 0. The molecule has 1 atom stereocenters. The quantitative estimate of drug-likeness (QED) is 0.534. The van der Waals surface area contributed by atoms with Gasteiger partial charge < -0.3 is 21.3 Å². The van der Waals surface area contributed by atoms with E-state index >= 15 is 0 Å². The van der Waals surface area contributed by atoms with Crippen molar-refractivity contribution < 1.29 is 9.59 Å². The Labute approximate surface area is 163 Å². The van der Waals surface area contributed by atoms with Gasteiger partial charge in [-0.3, -0.25) is 4.79 Å². The van der Waals surface area contributed by atoms with Gasteiger partial charge >= 0.3 is 6.03 Å². The first kappa shape index (κ1) is 21.7. The van der Waals surface area contributed by atoms with Gasteiger partial charge in [0.25, 0.3) is 0 Å². The van der Waals surface area contributed by atoms with Crippen molar-refractivity contribution in [3.63, 3.8) is 0 Å². The topological polar surface area (TPSA) is 82.3 Å². The van der Waals surface area contributed by atoms with Crippen molar-refractivity contribution in [2.24, 2.45) is 5.92 Å². The van der Waals surface area contributed by atoms with Crippen LogP contribution in [0.25, 0.3) is 0 Å². The third-order valence-electron chi connectivity index (χ3n) is 4.01. The molecule has 1 fully saturated rings. The first-order chi connectivity index (χ1) is 11.6. The summed E-state index contributed by atoms with van der Waals surface area (Å²) >= 11 is 3.34. The maximum atomic E-state index is 11.8. The Morgan fingerprint density at radius 2 is 1.92 bits per heavy atom. The summed E-state index contributed by atoms with van der Waals surface area (Å²) < 4.78 is 0.953. The second-order valence-electron chi connectivity index (χ2n) is 5.99. The van der Waals surface area contributed by atoms with Gasteiger partial charge in [-0.15, -0.1) is 12.4 Å². The number of amides is 3. The van der Waals surface area contributed by atoms with E-state index in [1.165, 1.54) is 12.8 Å². The van der Waals surface area contributed by atoms with E-state index in [1.54, 1.807) is 12.1 Å². The van der Waals surface area contributed by atoms with Crippen LogP contribution < -0.4 is 21.3 Å². The molecule has 25 heavy (non-hydrogen) atoms. The number of carbonyl (C=O) groups is 2. The molecule has 1 unspecified atom stereocenters. The highest BCUT2D eigenvalue weighted by molar-refractivity contribution is 9.10. The average Bonchev–Trinajstić information content (AvgIpc) is 2.58. The largest absolute Gasteiger partial charge is 0.356 e. The Hall–Kier alpha value is -1.31. The van der Waals surface area contributed by atoms with Crippen LogP contribution in [0.2, 0.25) is 0 Å². The Kier molecular flexibility index (Phi) is 10.5. The summed E-state index contributed by atoms with van der Waals surface area (Å²) in [5, 5.41) is 11.7. The number of urea groups is 1. The number of piperidine rings is 1. The first-order valence-corrected chi connectivity index (χ1v) is 9.20. The molecule has 4 N–H and O–H groups in total. The smallest absolute Gasteiger partial charge is 0.319 e. The van der Waals surface area contributed by atoms with E-state index in [2.05, 4.69) is 37.2 Å². The molecule has 1 aromatic rings. The second-order valence-corrected chi connectivity index (χ2v) is 6.90. The summed E-state index contributed by atoms with van der Waals surface area (Å²) in [4.78, 5) is 23.5. The number of halogens is 2. The fourth-order valence-electron chi connectivity index (χ4n) is 2.67. The van der Waals surface area contributed by atoms with Crippen molar-refractivity contribution in [1.82, 2.24) is 16.0 Å². The molecule has 6 nitrogen and oxygen atoms in total. The zero-order chi connectivity index (χ0) is 17.2. The van der Waals surface area contributed by atoms with Gasteiger partial charge in [0, 0.05) is 29.7 Å². The minimum Gasteiger partial charge on any atom is -0.356 e. The summed E-state index contributed by atoms with van der Waals surface area (Å²) in [6.07, 6.45) is 3.75. The zero-order valence-electron chi connectivity index (χ0n) is 14.1. The van der Waals surface area contributed by atoms with E-state index in [9.17, 15) is 9.59 Å². The molecule has 1 aromatic carbocycles. The number of benzene rings is 1. The van der Waals surface area contributed by atoms with Gasteiger partial charge in [0.2, 0.25) is 5.91 Å². The van der Waals surface area contributed by atoms with Crippen LogP contribution in [0, 0.1) is 5.92 Å². The van der Waals surface area contributed by atoms with Gasteiger partial charge in [0.15, 0.2) is 0 Å². The van der Waals surface area contributed by atoms with Crippen LogP contribution in [-0.2, 0) is 4.79 Å². The number of carbonyl (C=O) groups excluding carboxylic acids is 2. The Balaban J connectivity index is 0.00000312. The van der Waals surface area contributed by atoms with Crippen LogP contribution in [-0.4, -0.2) is 38.1 Å². The van der Waals surface area contributed by atoms with E-state index in [4.69, 9.17) is 0 Å². The lowest BCUT2D eigenvalue weighted by Gasteiger charge is -2.22. The molecule has 0 spiro atoms. The molecule has 8 heteroatoms. The third kappa shape index (κ3) is 9.09. The van der Waals surface area contributed by atoms with Crippen molar-refractivity contribution in [1.29, 1.82) is 0 Å². The van der Waals surface area contributed by atoms with Crippen LogP contribution in [0.4, 0.5) is 10.5 Å². The minimum absolute atomic E-state index is 0. The lowest BCUT2D eigenvalue weighted by molar-refractivity contribution is -0.120. The minimum atomic E-state index is -0.307. The van der Waals surface area contributed by atoms with Gasteiger partial charge in [0.05, 0.1) is 0 Å². The standard InChI is InChI=1S/C17H25BrN4O2.ClH/c18-14-3-5-15(6-4-14)22-17(24)21-11-8-16(23)20-10-7-13-2-1-9-19-12-13;/h3-6,13,19H,1-2,7-12H2,(H,20,23)(H2,21,22,24);1H. The van der Waals surface area contributed by atoms with Crippen molar-refractivity contribution in [2.75, 3.05) is 31.5 Å². The van der Waals surface area contributed by atoms with Crippen LogP contribution in [0.1, 0.15) is 25.7 Å². The summed E-state index contributed by atoms with van der Waals surface area (Å²) in [6, 6.07) is 7.00. The first-order valence-electron chi connectivity index (χ1n) is 8.41. The predicted octanol–water partition coefficient (Wildman–Crippen LogP) is 2.89. The van der Waals surface area contributed by atoms with Crippen molar-refractivity contribution in [3.05, 3.63) is 28.7 Å². The lowest BCUT2D eigenvalue weighted by Crippen LogP contribution is -2.35. The SMILES string of the molecule is Cl.O=C(CCNC(=O)Nc1ccc(Br)cc1)NCCC1CCCNC1. The summed E-state index contributed by atoms with van der Waals surface area (Å²) in [5.74, 6) is 0.636. The molecular weight excluding hydrogens is 408 g/mol. The molecule has 0 saturated carbocycles. The predicted molar refractivity (Wildman–Crippen MR) is 106 cm³/mol. The monoisotopic (exact) mass is 432 g/mol. The van der Waals surface area contributed by atoms with E-state index < -0.39 is 0 Å². The van der Waals surface area contributed by atoms with Crippen molar-refractivity contribution in [3.8, 4) is 0 Å². The maximum Gasteiger partial charge on any atom is 0.319 e. The highest BCUT2D eigenvalue weighted by Gasteiger charge is 2.12. The summed E-state index contributed by atoms with van der Waals surface area (Å²) in [6.45, 7) is 3.18. The van der Waals surface area contributed by atoms with Crippen LogP contribution in [0.3, 0.4) is 0 Å². The fourth-order valence-corrected chi connectivity index (χ4v) is 2.94. The maximum absolute atomic E-state index is 11.8. The van der Waals surface area contributed by atoms with Gasteiger partial charge in [-0.25, -0.2) is 4.79 Å². The van der Waals surface area contributed by atoms with Crippen LogP contribution in [0.15, 0.2) is 28.7 Å². The van der Waals surface area contributed by atoms with Gasteiger partial charge in [-0.2, -0.15) is 0 Å². The van der Waals surface area contributed by atoms with Gasteiger partial charge in [-0.05, 0) is 62.5 Å². The highest BCUT2D eigenvalue weighted by Crippen LogP contribution is 2.14. The van der Waals surface area contributed by atoms with E-state index in [0.717, 1.165) is 24.0 Å². The molecule has 1 aliphatic heterocycles. The molecule has 0 bridgehead atoms. The van der Waals surface area contributed by atoms with E-state index in [-0.39, 0.29) is 30.8 Å². The lowest BCUT2D eigenvalue weighted by atomic mass is 9.96. The zero-order valence-corrected chi connectivity index (χ0v) is 16.5. The van der Waals surface area contributed by atoms with Crippen LogP contribution >= 0.6 is 28.3 Å². The molecule has 3 amide bonds. The second kappa shape index (κ2) is 12.1. The van der Waals surface area contributed by atoms with Crippen molar-refractivity contribution in [2.45, 2.75) is 25.7 Å². The van der Waals surface area contributed by atoms with Gasteiger partial charge in [0.1, 0.15) is 0 Å². The Morgan fingerprint density at radius 3 is 2.60 bits per heavy atom. The molecular formula is C17H26BrClN4O2. The molecule has 1 aliphatic rings. The molecule has 1 heterocycles. The van der Waals surface area contributed by atoms with Gasteiger partial charge in [-0.1, -0.05) is 15.9 Å². The number of anilines is 1. The van der Waals surface area contributed by atoms with E-state index in [1.807, 2.05) is 12.1 Å². The molecule has 1 saturated heterocycles. The van der Waals surface area contributed by atoms with Crippen LogP contribution in [0.5, 0.6) is 0 Å². The average molecular weight is 434 g/mol. The Morgan fingerprint density at radius 1 is 1.16 bits per heavy atom. The number of rotatable bonds is 7. The molecule has 140 valence electrons. The number of hydrogen-bond acceptors (Lipinski definition) is 3. The fraction of sp³-hybridized carbons (Fsp3) is 0.529. The number of nitrogens with one attached hydrogen (secondary N) is 4. The molecule has 0 radical (unpaired) electrons. The molecule has 2 rings (SSSR count). The summed E-state index contributed by atoms with van der Waals surface area (Å²) in [5.41, 5.74) is 0.709. The van der Waals surface area contributed by atoms with E-state index in [0.29, 0.717) is 24.7 Å². The van der Waals surface area contributed by atoms with Crippen molar-refractivity contribution >= 4 is 46.0 Å². The third-order valence-corrected chi connectivity index (χ3v) is 4.54. The normalized spacial score (nSPS) is 16.4. The molecule has 0 aliphatic carbocycles. The highest BCUT2D eigenvalue weighted by atomic mass is 79.9.